The molecule has 82 valence electrons. The van der Waals surface area contributed by atoms with Gasteiger partial charge in [0.25, 0.3) is 0 Å². The van der Waals surface area contributed by atoms with E-state index in [2.05, 4.69) is 5.32 Å². The minimum atomic E-state index is -0.889. The Morgan fingerprint density at radius 3 is 2.47 bits per heavy atom. The molecule has 0 atom stereocenters. The smallest absolute Gasteiger partial charge is 0.242 e. The number of nitrogens with two attached hydrogens (primary N) is 1. The van der Waals surface area contributed by atoms with Gasteiger partial charge >= 0.3 is 0 Å². The second-order valence-electron chi connectivity index (χ2n) is 4.13. The number of hydrogen-bond acceptors (Lipinski definition) is 2. The fourth-order valence-electron chi connectivity index (χ4n) is 1.23. The number of amides is 1. The second-order valence-corrected chi connectivity index (χ2v) is 4.13. The monoisotopic (exact) mass is 210 g/mol. The van der Waals surface area contributed by atoms with Gasteiger partial charge in [-0.05, 0) is 44.5 Å². The Balaban J connectivity index is 2.94. The molecule has 3 N–H and O–H groups in total. The third-order valence-corrected chi connectivity index (χ3v) is 2.11. The molecule has 0 aromatic heterocycles. The summed E-state index contributed by atoms with van der Waals surface area (Å²) in [7, 11) is 0. The fraction of sp³-hybridized carbons (Fsp3) is 0.364. The molecule has 0 saturated carbocycles. The first-order valence-corrected chi connectivity index (χ1v) is 4.66. The molecule has 0 aliphatic heterocycles. The number of rotatable bonds is 3. The van der Waals surface area contributed by atoms with E-state index in [9.17, 15) is 9.18 Å². The van der Waals surface area contributed by atoms with E-state index in [-0.39, 0.29) is 5.82 Å². The van der Waals surface area contributed by atoms with Crippen molar-refractivity contribution in [1.29, 1.82) is 0 Å². The predicted molar refractivity (Wildman–Crippen MR) is 58.0 cm³/mol. The summed E-state index contributed by atoms with van der Waals surface area (Å²) in [6, 6.07) is 4.51. The highest BCUT2D eigenvalue weighted by Gasteiger charge is 2.24. The zero-order chi connectivity index (χ0) is 11.6. The Labute approximate surface area is 88.5 Å². The molecule has 3 nitrogen and oxygen atoms in total. The molecule has 1 aromatic carbocycles. The van der Waals surface area contributed by atoms with Crippen LogP contribution in [0.5, 0.6) is 0 Å². The molecule has 1 rings (SSSR count). The number of nitrogens with one attached hydrogen (secondary N) is 1. The van der Waals surface area contributed by atoms with E-state index in [1.54, 1.807) is 26.8 Å². The molecular formula is C11H15FN2O. The number of carbonyl (C=O) groups is 1. The van der Waals surface area contributed by atoms with E-state index in [0.717, 1.165) is 5.56 Å². The number of benzene rings is 1. The van der Waals surface area contributed by atoms with E-state index in [1.165, 1.54) is 12.1 Å². The Bertz CT molecular complexity index is 368. The van der Waals surface area contributed by atoms with E-state index < -0.39 is 11.4 Å². The molecule has 0 saturated heterocycles. The van der Waals surface area contributed by atoms with Gasteiger partial charge in [-0.2, -0.15) is 0 Å². The van der Waals surface area contributed by atoms with Crippen LogP contribution in [0.1, 0.15) is 19.4 Å². The third-order valence-electron chi connectivity index (χ3n) is 2.11. The number of hydrogen-bond donors (Lipinski definition) is 2. The van der Waals surface area contributed by atoms with Crippen molar-refractivity contribution in [3.8, 4) is 0 Å². The van der Waals surface area contributed by atoms with Gasteiger partial charge in [0.15, 0.2) is 0 Å². The maximum atomic E-state index is 13.0. The van der Waals surface area contributed by atoms with E-state index in [1.807, 2.05) is 0 Å². The van der Waals surface area contributed by atoms with Gasteiger partial charge in [-0.1, -0.05) is 0 Å². The number of primary amides is 1. The van der Waals surface area contributed by atoms with Crippen molar-refractivity contribution >= 4 is 11.6 Å². The lowest BCUT2D eigenvalue weighted by Crippen LogP contribution is -2.45. The van der Waals surface area contributed by atoms with Gasteiger partial charge in [-0.3, -0.25) is 4.79 Å². The largest absolute Gasteiger partial charge is 0.372 e. The van der Waals surface area contributed by atoms with Crippen molar-refractivity contribution in [3.05, 3.63) is 29.6 Å². The molecule has 0 aliphatic carbocycles. The minimum Gasteiger partial charge on any atom is -0.372 e. The van der Waals surface area contributed by atoms with Crippen LogP contribution < -0.4 is 11.1 Å². The van der Waals surface area contributed by atoms with Crippen molar-refractivity contribution in [2.45, 2.75) is 26.3 Å². The summed E-state index contributed by atoms with van der Waals surface area (Å²) in [5.41, 5.74) is 5.65. The van der Waals surface area contributed by atoms with Gasteiger partial charge in [-0.15, -0.1) is 0 Å². The molecule has 1 aromatic rings. The number of aryl methyl sites for hydroxylation is 1. The van der Waals surface area contributed by atoms with Crippen LogP contribution in [0.3, 0.4) is 0 Å². The maximum Gasteiger partial charge on any atom is 0.242 e. The minimum absolute atomic E-state index is 0.335. The molecular weight excluding hydrogens is 195 g/mol. The highest BCUT2D eigenvalue weighted by molar-refractivity contribution is 5.86. The Morgan fingerprint density at radius 2 is 2.00 bits per heavy atom. The predicted octanol–water partition coefficient (Wildman–Crippen LogP) is 1.81. The molecule has 0 heterocycles. The van der Waals surface area contributed by atoms with Crippen LogP contribution in [0.25, 0.3) is 0 Å². The summed E-state index contributed by atoms with van der Waals surface area (Å²) < 4.78 is 13.0. The van der Waals surface area contributed by atoms with Gasteiger partial charge in [0.05, 0.1) is 0 Å². The fourth-order valence-corrected chi connectivity index (χ4v) is 1.23. The van der Waals surface area contributed by atoms with Crippen molar-refractivity contribution in [2.75, 3.05) is 5.32 Å². The standard InChI is InChI=1S/C11H15FN2O/c1-7-4-8(12)6-9(5-7)14-11(2,3)10(13)15/h4-6,14H,1-3H3,(H2,13,15). The average Bonchev–Trinajstić information content (AvgIpc) is 1.99. The van der Waals surface area contributed by atoms with Crippen LogP contribution in [0.2, 0.25) is 0 Å². The Hall–Kier alpha value is -1.58. The summed E-state index contributed by atoms with van der Waals surface area (Å²) in [4.78, 5) is 11.1. The van der Waals surface area contributed by atoms with Gasteiger partial charge in [0.2, 0.25) is 5.91 Å². The SMILES string of the molecule is Cc1cc(F)cc(NC(C)(C)C(N)=O)c1. The van der Waals surface area contributed by atoms with Crippen molar-refractivity contribution in [3.63, 3.8) is 0 Å². The quantitative estimate of drug-likeness (QED) is 0.799. The maximum absolute atomic E-state index is 13.0. The van der Waals surface area contributed by atoms with Crippen LogP contribution in [0.4, 0.5) is 10.1 Å². The first kappa shape index (κ1) is 11.5. The number of halogens is 1. The lowest BCUT2D eigenvalue weighted by molar-refractivity contribution is -0.121. The molecule has 0 radical (unpaired) electrons. The van der Waals surface area contributed by atoms with E-state index >= 15 is 0 Å². The molecule has 1 amide bonds. The molecule has 0 spiro atoms. The van der Waals surface area contributed by atoms with Crippen molar-refractivity contribution in [2.24, 2.45) is 5.73 Å². The van der Waals surface area contributed by atoms with E-state index in [0.29, 0.717) is 5.69 Å². The van der Waals surface area contributed by atoms with Crippen LogP contribution >= 0.6 is 0 Å². The molecule has 0 bridgehead atoms. The first-order chi connectivity index (χ1) is 6.81. The van der Waals surface area contributed by atoms with Crippen LogP contribution in [0, 0.1) is 12.7 Å². The molecule has 0 fully saturated rings. The highest BCUT2D eigenvalue weighted by atomic mass is 19.1. The van der Waals surface area contributed by atoms with Crippen LogP contribution in [-0.4, -0.2) is 11.4 Å². The number of carbonyl (C=O) groups excluding carboxylic acids is 1. The lowest BCUT2D eigenvalue weighted by Gasteiger charge is -2.23. The van der Waals surface area contributed by atoms with Crippen molar-refractivity contribution in [1.82, 2.24) is 0 Å². The second kappa shape index (κ2) is 3.88. The zero-order valence-electron chi connectivity index (χ0n) is 9.10. The third kappa shape index (κ3) is 2.94. The van der Waals surface area contributed by atoms with Crippen LogP contribution in [-0.2, 0) is 4.79 Å². The Kier molecular flexibility index (Phi) is 2.98. The number of anilines is 1. The summed E-state index contributed by atoms with van der Waals surface area (Å²) in [5.74, 6) is -0.817. The molecule has 0 unspecified atom stereocenters. The van der Waals surface area contributed by atoms with Gasteiger partial charge in [0, 0.05) is 5.69 Å². The average molecular weight is 210 g/mol. The first-order valence-electron chi connectivity index (χ1n) is 4.66. The van der Waals surface area contributed by atoms with Gasteiger partial charge in [-0.25, -0.2) is 4.39 Å². The van der Waals surface area contributed by atoms with Crippen LogP contribution in [0.15, 0.2) is 18.2 Å². The lowest BCUT2D eigenvalue weighted by atomic mass is 10.0. The molecule has 0 aliphatic rings. The topological polar surface area (TPSA) is 55.1 Å². The molecule has 4 heteroatoms. The summed E-state index contributed by atoms with van der Waals surface area (Å²) in [6.07, 6.45) is 0. The molecule has 15 heavy (non-hydrogen) atoms. The summed E-state index contributed by atoms with van der Waals surface area (Å²) >= 11 is 0. The van der Waals surface area contributed by atoms with Crippen molar-refractivity contribution < 1.29 is 9.18 Å². The highest BCUT2D eigenvalue weighted by Crippen LogP contribution is 2.18. The van der Waals surface area contributed by atoms with Gasteiger partial charge < -0.3 is 11.1 Å². The zero-order valence-corrected chi connectivity index (χ0v) is 9.10. The van der Waals surface area contributed by atoms with Gasteiger partial charge in [0.1, 0.15) is 11.4 Å². The Morgan fingerprint density at radius 1 is 1.40 bits per heavy atom. The summed E-state index contributed by atoms with van der Waals surface area (Å²) in [6.45, 7) is 5.08. The van der Waals surface area contributed by atoms with E-state index in [4.69, 9.17) is 5.73 Å². The summed E-state index contributed by atoms with van der Waals surface area (Å²) in [5, 5.41) is 2.88. The normalized spacial score (nSPS) is 11.2.